The molecule has 0 saturated carbocycles. The molecule has 52 heavy (non-hydrogen) atoms. The van der Waals surface area contributed by atoms with Crippen LogP contribution < -0.4 is 20.8 Å². The monoisotopic (exact) mass is 710 g/mol. The summed E-state index contributed by atoms with van der Waals surface area (Å²) in [4.78, 5) is 33.8. The number of para-hydroxylation sites is 2. The first-order valence-corrected chi connectivity index (χ1v) is 18.1. The summed E-state index contributed by atoms with van der Waals surface area (Å²) in [7, 11) is 0. The fourth-order valence-electron chi connectivity index (χ4n) is 6.39. The number of hydrogen-bond donors (Lipinski definition) is 2. The van der Waals surface area contributed by atoms with Gasteiger partial charge in [0.05, 0.1) is 26.2 Å². The second-order valence-corrected chi connectivity index (χ2v) is 13.4. The molecule has 0 aliphatic rings. The van der Waals surface area contributed by atoms with Crippen molar-refractivity contribution in [2.75, 3.05) is 49.9 Å². The SMILES string of the molecule is CC[N+](CC)(CC(=O)Nc1c(C)cccc1C)Cc1ccccc1.CC[N+](CC)(CC(=O)Nc1c(C)cccc1C)Cc1ccccc1.O=C([O-])[O-]. The van der Waals surface area contributed by atoms with E-state index >= 15 is 0 Å². The number of amides is 2. The van der Waals surface area contributed by atoms with E-state index < -0.39 is 6.16 Å². The van der Waals surface area contributed by atoms with Crippen LogP contribution in [0.1, 0.15) is 61.1 Å². The Morgan fingerprint density at radius 2 is 0.750 bits per heavy atom. The van der Waals surface area contributed by atoms with Crippen molar-refractivity contribution < 1.29 is 33.6 Å². The average Bonchev–Trinajstić information content (AvgIpc) is 3.12. The van der Waals surface area contributed by atoms with Crippen molar-refractivity contribution in [3.05, 3.63) is 130 Å². The number of quaternary nitrogens is 2. The van der Waals surface area contributed by atoms with Crippen LogP contribution in [0.25, 0.3) is 0 Å². The maximum Gasteiger partial charge on any atom is 0.279 e. The minimum Gasteiger partial charge on any atom is -0.652 e. The van der Waals surface area contributed by atoms with Gasteiger partial charge < -0.3 is 34.6 Å². The van der Waals surface area contributed by atoms with Gasteiger partial charge in [0.15, 0.2) is 13.1 Å². The Bertz CT molecular complexity index is 1540. The van der Waals surface area contributed by atoms with E-state index in [9.17, 15) is 9.59 Å². The van der Waals surface area contributed by atoms with Gasteiger partial charge in [-0.3, -0.25) is 9.59 Å². The van der Waals surface area contributed by atoms with Crippen molar-refractivity contribution in [3.63, 3.8) is 0 Å². The summed E-state index contributed by atoms with van der Waals surface area (Å²) in [6, 6.07) is 33.1. The van der Waals surface area contributed by atoms with Crippen molar-refractivity contribution in [1.29, 1.82) is 0 Å². The van der Waals surface area contributed by atoms with Crippen LogP contribution in [-0.4, -0.2) is 66.2 Å². The number of nitrogens with zero attached hydrogens (tertiary/aromatic N) is 2. The van der Waals surface area contributed by atoms with E-state index in [2.05, 4.69) is 86.9 Å². The minimum absolute atomic E-state index is 0.0898. The number of rotatable bonds is 14. The first-order valence-electron chi connectivity index (χ1n) is 18.1. The van der Waals surface area contributed by atoms with E-state index in [4.69, 9.17) is 15.0 Å². The molecule has 2 amide bonds. The van der Waals surface area contributed by atoms with Gasteiger partial charge in [-0.05, 0) is 83.8 Å². The molecule has 9 nitrogen and oxygen atoms in total. The largest absolute Gasteiger partial charge is 0.652 e. The van der Waals surface area contributed by atoms with Crippen LogP contribution in [-0.2, 0) is 22.7 Å². The van der Waals surface area contributed by atoms with Gasteiger partial charge in [-0.25, -0.2) is 0 Å². The van der Waals surface area contributed by atoms with Gasteiger partial charge in [0.25, 0.3) is 11.8 Å². The highest BCUT2D eigenvalue weighted by Gasteiger charge is 2.29. The third-order valence-corrected chi connectivity index (χ3v) is 9.85. The fraction of sp³-hybridized carbons (Fsp3) is 0.372. The number of nitrogens with one attached hydrogen (secondary N) is 2. The van der Waals surface area contributed by atoms with E-state index in [0.717, 1.165) is 81.9 Å². The Morgan fingerprint density at radius 1 is 0.481 bits per heavy atom. The first kappa shape index (κ1) is 43.2. The Labute approximate surface area is 311 Å². The lowest BCUT2D eigenvalue weighted by molar-refractivity contribution is -0.930. The minimum atomic E-state index is -2.33. The Balaban J connectivity index is 0.000000327. The van der Waals surface area contributed by atoms with Gasteiger partial charge in [-0.1, -0.05) is 97.1 Å². The number of carbonyl (C=O) groups excluding carboxylic acids is 3. The summed E-state index contributed by atoms with van der Waals surface area (Å²) in [5.41, 5.74) is 8.90. The molecule has 4 rings (SSSR count). The van der Waals surface area contributed by atoms with Gasteiger partial charge in [-0.15, -0.1) is 0 Å². The molecule has 0 heterocycles. The summed E-state index contributed by atoms with van der Waals surface area (Å²) >= 11 is 0. The van der Waals surface area contributed by atoms with Gasteiger partial charge in [0, 0.05) is 22.5 Å². The lowest BCUT2D eigenvalue weighted by atomic mass is 10.1. The molecule has 4 aromatic rings. The van der Waals surface area contributed by atoms with Crippen molar-refractivity contribution in [2.45, 2.75) is 68.5 Å². The topological polar surface area (TPSA) is 121 Å². The molecule has 2 N–H and O–H groups in total. The number of carbonyl (C=O) groups is 3. The van der Waals surface area contributed by atoms with Crippen LogP contribution in [0.3, 0.4) is 0 Å². The summed E-state index contributed by atoms with van der Waals surface area (Å²) in [6.45, 7) is 23.3. The lowest BCUT2D eigenvalue weighted by Crippen LogP contribution is -2.51. The number of hydrogen-bond acceptors (Lipinski definition) is 5. The van der Waals surface area contributed by atoms with E-state index in [1.54, 1.807) is 0 Å². The predicted molar refractivity (Wildman–Crippen MR) is 207 cm³/mol. The lowest BCUT2D eigenvalue weighted by Gasteiger charge is -2.36. The van der Waals surface area contributed by atoms with Gasteiger partial charge in [-0.2, -0.15) is 0 Å². The van der Waals surface area contributed by atoms with Crippen LogP contribution >= 0.6 is 0 Å². The standard InChI is InChI=1S/2C21H28N2O.CH2O3/c2*1-5-23(6-2,15-19-13-8-7-9-14-19)16-20(24)22-21-17(3)11-10-12-18(21)4;2-1(3)4/h2*7-14H,5-6,15-16H2,1-4H3;(H2,2,3,4). The number of carboxylic acid groups (broad SMARTS) is 2. The highest BCUT2D eigenvalue weighted by Crippen LogP contribution is 2.22. The first-order chi connectivity index (χ1) is 24.7. The second-order valence-electron chi connectivity index (χ2n) is 13.4. The third kappa shape index (κ3) is 14.0. The van der Waals surface area contributed by atoms with Crippen molar-refractivity contribution in [1.82, 2.24) is 0 Å². The van der Waals surface area contributed by atoms with E-state index in [1.807, 2.05) is 76.2 Å². The van der Waals surface area contributed by atoms with Crippen molar-refractivity contribution >= 4 is 29.3 Å². The zero-order valence-corrected chi connectivity index (χ0v) is 32.3. The molecule has 0 aliphatic heterocycles. The number of likely N-dealkylation sites (N-methyl/N-ethyl adjacent to an activating group) is 2. The van der Waals surface area contributed by atoms with Gasteiger partial charge >= 0.3 is 0 Å². The molecule has 280 valence electrons. The molecule has 0 bridgehead atoms. The van der Waals surface area contributed by atoms with Crippen LogP contribution in [0.4, 0.5) is 16.2 Å². The van der Waals surface area contributed by atoms with Crippen LogP contribution in [0.5, 0.6) is 0 Å². The van der Waals surface area contributed by atoms with Crippen LogP contribution in [0, 0.1) is 27.7 Å². The molecular weight excluding hydrogens is 652 g/mol. The van der Waals surface area contributed by atoms with Gasteiger partial charge in [0.1, 0.15) is 13.1 Å². The smallest absolute Gasteiger partial charge is 0.279 e. The Kier molecular flexibility index (Phi) is 17.8. The molecule has 0 fully saturated rings. The quantitative estimate of drug-likeness (QED) is 0.152. The Morgan fingerprint density at radius 3 is 1.00 bits per heavy atom. The maximum atomic E-state index is 12.7. The predicted octanol–water partition coefficient (Wildman–Crippen LogP) is 6.15. The second kappa shape index (κ2) is 21.4. The van der Waals surface area contributed by atoms with Crippen molar-refractivity contribution in [2.24, 2.45) is 0 Å². The van der Waals surface area contributed by atoms with Crippen LogP contribution in [0.15, 0.2) is 97.1 Å². The molecule has 0 aliphatic carbocycles. The molecule has 0 atom stereocenters. The van der Waals surface area contributed by atoms with Crippen LogP contribution in [0.2, 0.25) is 0 Å². The third-order valence-electron chi connectivity index (χ3n) is 9.85. The van der Waals surface area contributed by atoms with E-state index in [0.29, 0.717) is 13.1 Å². The highest BCUT2D eigenvalue weighted by molar-refractivity contribution is 5.93. The molecular formula is C43H58N4O5. The van der Waals surface area contributed by atoms with E-state index in [1.165, 1.54) is 11.1 Å². The molecule has 0 aromatic heterocycles. The average molecular weight is 711 g/mol. The zero-order chi connectivity index (χ0) is 38.7. The van der Waals surface area contributed by atoms with Gasteiger partial charge in [0.2, 0.25) is 0 Å². The summed E-state index contributed by atoms with van der Waals surface area (Å²) in [6.07, 6.45) is -2.33. The van der Waals surface area contributed by atoms with E-state index in [-0.39, 0.29) is 11.8 Å². The fourth-order valence-corrected chi connectivity index (χ4v) is 6.39. The summed E-state index contributed by atoms with van der Waals surface area (Å²) < 4.78 is 1.53. The maximum absolute atomic E-state index is 12.7. The molecule has 0 spiro atoms. The molecule has 4 aromatic carbocycles. The zero-order valence-electron chi connectivity index (χ0n) is 32.3. The molecule has 0 saturated heterocycles. The molecule has 9 heteroatoms. The number of benzene rings is 4. The van der Waals surface area contributed by atoms with Crippen molar-refractivity contribution in [3.8, 4) is 0 Å². The number of aryl methyl sites for hydroxylation is 4. The highest BCUT2D eigenvalue weighted by atomic mass is 16.6. The summed E-state index contributed by atoms with van der Waals surface area (Å²) in [5.74, 6) is 0.180. The molecule has 0 unspecified atom stereocenters. The Hall–Kier alpha value is -4.99. The molecule has 0 radical (unpaired) electrons. The summed E-state index contributed by atoms with van der Waals surface area (Å²) in [5, 5.41) is 22.9. The normalized spacial score (nSPS) is 10.9. The number of anilines is 2.